The molecule has 0 radical (unpaired) electrons. The summed E-state index contributed by atoms with van der Waals surface area (Å²) < 4.78 is 25.0. The lowest BCUT2D eigenvalue weighted by atomic mass is 9.97. The van der Waals surface area contributed by atoms with Crippen LogP contribution in [-0.2, 0) is 16.4 Å². The first-order valence-corrected chi connectivity index (χ1v) is 12.3. The van der Waals surface area contributed by atoms with Gasteiger partial charge in [-0.15, -0.1) is 0 Å². The molecule has 1 aliphatic heterocycles. The number of carbonyl (C=O) groups excluding carboxylic acids is 1. The van der Waals surface area contributed by atoms with E-state index in [4.69, 9.17) is 0 Å². The minimum Gasteiger partial charge on any atom is -0.392 e. The molecule has 1 amide bonds. The Balaban J connectivity index is 1.65. The second-order valence-electron chi connectivity index (χ2n) is 7.83. The molecule has 1 aromatic carbocycles. The van der Waals surface area contributed by atoms with Crippen LogP contribution >= 0.6 is 0 Å². The smallest absolute Gasteiger partial charge is 0.257 e. The highest BCUT2D eigenvalue weighted by molar-refractivity contribution is 7.91. The molecule has 2 aromatic heterocycles. The quantitative estimate of drug-likeness (QED) is 0.579. The van der Waals surface area contributed by atoms with Crippen LogP contribution in [0.5, 0.6) is 0 Å². The van der Waals surface area contributed by atoms with Crippen molar-refractivity contribution < 1.29 is 18.3 Å². The lowest BCUT2D eigenvalue weighted by Crippen LogP contribution is -2.50. The van der Waals surface area contributed by atoms with Crippen LogP contribution in [0.2, 0.25) is 0 Å². The minimum absolute atomic E-state index is 0.108. The normalized spacial score (nSPS) is 18.4. The number of benzene rings is 1. The molecular formula is C23H23N5O4S. The van der Waals surface area contributed by atoms with Gasteiger partial charge in [0.1, 0.15) is 11.1 Å². The molecule has 1 fully saturated rings. The molecule has 10 heteroatoms. The third-order valence-corrected chi connectivity index (χ3v) is 6.94. The molecule has 1 aliphatic rings. The average Bonchev–Trinajstić information content (AvgIpc) is 3.36. The number of pyridine rings is 1. The van der Waals surface area contributed by atoms with Crippen molar-refractivity contribution >= 4 is 15.7 Å². The number of aliphatic hydroxyl groups excluding tert-OH is 1. The summed E-state index contributed by atoms with van der Waals surface area (Å²) in [7, 11) is -3.52. The molecule has 170 valence electrons. The maximum absolute atomic E-state index is 13.6. The summed E-state index contributed by atoms with van der Waals surface area (Å²) >= 11 is 0. The maximum Gasteiger partial charge on any atom is 0.257 e. The lowest BCUT2D eigenvalue weighted by molar-refractivity contribution is 0.0660. The van der Waals surface area contributed by atoms with Gasteiger partial charge in [0, 0.05) is 24.9 Å². The van der Waals surface area contributed by atoms with Gasteiger partial charge in [0.05, 0.1) is 30.3 Å². The van der Waals surface area contributed by atoms with Gasteiger partial charge >= 0.3 is 0 Å². The summed E-state index contributed by atoms with van der Waals surface area (Å²) in [5.74, 6) is 5.49. The molecule has 3 aromatic rings. The maximum atomic E-state index is 13.6. The summed E-state index contributed by atoms with van der Waals surface area (Å²) in [6.45, 7) is 0.0631. The van der Waals surface area contributed by atoms with Crippen molar-refractivity contribution in [2.24, 2.45) is 5.92 Å². The van der Waals surface area contributed by atoms with Gasteiger partial charge in [0.25, 0.3) is 5.91 Å². The average molecular weight is 466 g/mol. The third-order valence-electron chi connectivity index (χ3n) is 5.46. The molecule has 4 rings (SSSR count). The van der Waals surface area contributed by atoms with Crippen LogP contribution in [0.25, 0.3) is 5.69 Å². The van der Waals surface area contributed by atoms with Crippen LogP contribution in [0.3, 0.4) is 0 Å². The molecule has 0 bridgehead atoms. The first-order valence-electron chi connectivity index (χ1n) is 10.4. The van der Waals surface area contributed by atoms with Crippen molar-refractivity contribution in [2.75, 3.05) is 12.8 Å². The monoisotopic (exact) mass is 465 g/mol. The highest BCUT2D eigenvalue weighted by Crippen LogP contribution is 2.28. The Hall–Kier alpha value is -3.55. The topological polar surface area (TPSA) is 118 Å². The van der Waals surface area contributed by atoms with Gasteiger partial charge in [-0.25, -0.2) is 13.4 Å². The number of piperidine rings is 1. The van der Waals surface area contributed by atoms with Crippen molar-refractivity contribution in [2.45, 2.75) is 24.8 Å². The first kappa shape index (κ1) is 22.6. The fraction of sp³-hybridized carbons (Fsp3) is 0.304. The molecule has 1 N–H and O–H groups in total. The largest absolute Gasteiger partial charge is 0.392 e. The number of aromatic nitrogens is 4. The Bertz CT molecular complexity index is 1310. The van der Waals surface area contributed by atoms with Crippen LogP contribution < -0.4 is 0 Å². The molecule has 0 aliphatic carbocycles. The fourth-order valence-electron chi connectivity index (χ4n) is 3.86. The molecule has 0 spiro atoms. The van der Waals surface area contributed by atoms with E-state index in [2.05, 4.69) is 27.0 Å². The number of likely N-dealkylation sites (tertiary alicyclic amines) is 1. The van der Waals surface area contributed by atoms with E-state index in [1.807, 2.05) is 0 Å². The zero-order valence-corrected chi connectivity index (χ0v) is 18.8. The van der Waals surface area contributed by atoms with Gasteiger partial charge in [0.2, 0.25) is 0 Å². The second kappa shape index (κ2) is 9.52. The Kier molecular flexibility index (Phi) is 6.53. The van der Waals surface area contributed by atoms with Crippen molar-refractivity contribution in [1.82, 2.24) is 24.9 Å². The Morgan fingerprint density at radius 1 is 1.15 bits per heavy atom. The predicted molar refractivity (Wildman–Crippen MR) is 121 cm³/mol. The number of sulfone groups is 1. The van der Waals surface area contributed by atoms with Crippen LogP contribution in [0, 0.1) is 17.8 Å². The Morgan fingerprint density at radius 3 is 2.64 bits per heavy atom. The third kappa shape index (κ3) is 5.10. The molecule has 33 heavy (non-hydrogen) atoms. The van der Waals surface area contributed by atoms with E-state index < -0.39 is 21.1 Å². The van der Waals surface area contributed by atoms with E-state index in [-0.39, 0.29) is 25.5 Å². The SMILES string of the molecule is CS(=O)(=O)[C@@H]1CC[C@@H](C#Cc2cc(CO)ccn2)CN1C(=O)c1ccccc1-n1nccn1. The number of carbonyl (C=O) groups is 1. The van der Waals surface area contributed by atoms with E-state index in [0.29, 0.717) is 28.9 Å². The number of aliphatic hydroxyl groups is 1. The van der Waals surface area contributed by atoms with E-state index in [0.717, 1.165) is 6.26 Å². The standard InChI is InChI=1S/C23H23N5O4S/c1-33(31,32)22-9-7-17(6-8-19-14-18(16-29)10-11-24-19)15-27(22)23(30)20-4-2-3-5-21(20)28-25-12-13-26-28/h2-5,10-14,17,22,29H,7,9,15-16H2,1H3/t17-,22-/m1/s1. The number of para-hydroxylation sites is 1. The van der Waals surface area contributed by atoms with Crippen molar-refractivity contribution in [3.63, 3.8) is 0 Å². The highest BCUT2D eigenvalue weighted by Gasteiger charge is 2.38. The summed E-state index contributed by atoms with van der Waals surface area (Å²) in [4.78, 5) is 20.5. The zero-order valence-electron chi connectivity index (χ0n) is 18.0. The summed E-state index contributed by atoms with van der Waals surface area (Å²) in [5, 5.41) is 16.6. The molecule has 1 saturated heterocycles. The van der Waals surface area contributed by atoms with E-state index in [9.17, 15) is 18.3 Å². The van der Waals surface area contributed by atoms with Crippen LogP contribution in [-0.4, -0.2) is 62.5 Å². The molecule has 9 nitrogen and oxygen atoms in total. The van der Waals surface area contributed by atoms with Crippen molar-refractivity contribution in [3.05, 3.63) is 71.8 Å². The highest BCUT2D eigenvalue weighted by atomic mass is 32.2. The van der Waals surface area contributed by atoms with Gasteiger partial charge in [0.15, 0.2) is 9.84 Å². The predicted octanol–water partition coefficient (Wildman–Crippen LogP) is 1.43. The fourth-order valence-corrected chi connectivity index (χ4v) is 5.07. The van der Waals surface area contributed by atoms with Gasteiger partial charge in [-0.2, -0.15) is 15.0 Å². The van der Waals surface area contributed by atoms with E-state index in [1.165, 1.54) is 22.1 Å². The van der Waals surface area contributed by atoms with Crippen molar-refractivity contribution in [1.29, 1.82) is 0 Å². The molecule has 0 unspecified atom stereocenters. The Morgan fingerprint density at radius 2 is 1.91 bits per heavy atom. The lowest BCUT2D eigenvalue weighted by Gasteiger charge is -2.37. The second-order valence-corrected chi connectivity index (χ2v) is 10.0. The summed E-state index contributed by atoms with van der Waals surface area (Å²) in [5.41, 5.74) is 2.00. The molecule has 0 saturated carbocycles. The van der Waals surface area contributed by atoms with Crippen LogP contribution in [0.15, 0.2) is 55.0 Å². The minimum atomic E-state index is -3.52. The number of rotatable bonds is 4. The zero-order chi connectivity index (χ0) is 23.4. The van der Waals surface area contributed by atoms with E-state index in [1.54, 1.807) is 42.6 Å². The first-order chi connectivity index (χ1) is 15.9. The van der Waals surface area contributed by atoms with Gasteiger partial charge in [-0.1, -0.05) is 18.1 Å². The Labute approximate surface area is 192 Å². The van der Waals surface area contributed by atoms with Gasteiger partial charge in [-0.05, 0) is 48.6 Å². The number of hydrogen-bond donors (Lipinski definition) is 1. The number of hydrogen-bond acceptors (Lipinski definition) is 7. The molecular weight excluding hydrogens is 442 g/mol. The van der Waals surface area contributed by atoms with E-state index >= 15 is 0 Å². The summed E-state index contributed by atoms with van der Waals surface area (Å²) in [6.07, 6.45) is 6.56. The van der Waals surface area contributed by atoms with Crippen LogP contribution in [0.1, 0.15) is 34.5 Å². The number of nitrogens with zero attached hydrogens (tertiary/aromatic N) is 5. The van der Waals surface area contributed by atoms with Crippen molar-refractivity contribution in [3.8, 4) is 17.5 Å². The van der Waals surface area contributed by atoms with Gasteiger partial charge < -0.3 is 10.0 Å². The number of amides is 1. The molecule has 3 heterocycles. The van der Waals surface area contributed by atoms with Crippen LogP contribution in [0.4, 0.5) is 0 Å². The van der Waals surface area contributed by atoms with Gasteiger partial charge in [-0.3, -0.25) is 4.79 Å². The summed E-state index contributed by atoms with van der Waals surface area (Å²) in [6, 6.07) is 10.2. The molecule has 2 atom stereocenters.